The number of amides is 1. The molecule has 0 saturated carbocycles. The van der Waals surface area contributed by atoms with Gasteiger partial charge < -0.3 is 10.2 Å². The van der Waals surface area contributed by atoms with Crippen LogP contribution in [0, 0.1) is 12.8 Å². The highest BCUT2D eigenvalue weighted by Gasteiger charge is 2.30. The second kappa shape index (κ2) is 8.50. The van der Waals surface area contributed by atoms with Crippen LogP contribution in [0.25, 0.3) is 0 Å². The predicted molar refractivity (Wildman–Crippen MR) is 101 cm³/mol. The third-order valence-electron chi connectivity index (χ3n) is 5.48. The Morgan fingerprint density at radius 2 is 1.69 bits per heavy atom. The fourth-order valence-electron chi connectivity index (χ4n) is 3.69. The van der Waals surface area contributed by atoms with E-state index in [4.69, 9.17) is 0 Å². The zero-order valence-corrected chi connectivity index (χ0v) is 16.3. The number of carbonyl (C=O) groups is 1. The maximum Gasteiger partial charge on any atom is 0.243 e. The van der Waals surface area contributed by atoms with Crippen LogP contribution >= 0.6 is 0 Å². The van der Waals surface area contributed by atoms with Gasteiger partial charge in [-0.25, -0.2) is 8.42 Å². The van der Waals surface area contributed by atoms with Crippen molar-refractivity contribution in [1.29, 1.82) is 0 Å². The SMILES string of the molecule is Cc1ccc(S(=O)(=O)N2CCN(C(=O)CCC3CCNCC3)CC2)cc1. The van der Waals surface area contributed by atoms with Crippen molar-refractivity contribution in [2.24, 2.45) is 5.92 Å². The standard InChI is InChI=1S/C19H29N3O3S/c1-16-2-5-18(6-3-16)26(24,25)22-14-12-21(13-15-22)19(23)7-4-17-8-10-20-11-9-17/h2-3,5-6,17,20H,4,7-15H2,1H3. The Kier molecular flexibility index (Phi) is 6.32. The van der Waals surface area contributed by atoms with Crippen LogP contribution in [-0.2, 0) is 14.8 Å². The van der Waals surface area contributed by atoms with Gasteiger partial charge in [0.15, 0.2) is 0 Å². The molecule has 2 saturated heterocycles. The molecule has 1 amide bonds. The zero-order chi connectivity index (χ0) is 18.6. The lowest BCUT2D eigenvalue weighted by Crippen LogP contribution is -2.50. The maximum atomic E-state index is 12.7. The molecule has 2 aliphatic heterocycles. The van der Waals surface area contributed by atoms with E-state index in [1.54, 1.807) is 12.1 Å². The smallest absolute Gasteiger partial charge is 0.243 e. The van der Waals surface area contributed by atoms with E-state index in [0.717, 1.165) is 37.9 Å². The summed E-state index contributed by atoms with van der Waals surface area (Å²) in [6.45, 7) is 5.74. The number of nitrogens with one attached hydrogen (secondary N) is 1. The van der Waals surface area contributed by atoms with Crippen LogP contribution in [-0.4, -0.2) is 62.8 Å². The zero-order valence-electron chi connectivity index (χ0n) is 15.5. The normalized spacial score (nSPS) is 20.3. The minimum atomic E-state index is -3.47. The molecule has 3 rings (SSSR count). The van der Waals surface area contributed by atoms with Crippen LogP contribution in [0.1, 0.15) is 31.2 Å². The number of nitrogens with zero attached hydrogens (tertiary/aromatic N) is 2. The molecule has 1 N–H and O–H groups in total. The van der Waals surface area contributed by atoms with Crippen LogP contribution in [0.5, 0.6) is 0 Å². The fourth-order valence-corrected chi connectivity index (χ4v) is 5.12. The third-order valence-corrected chi connectivity index (χ3v) is 7.39. The lowest BCUT2D eigenvalue weighted by Gasteiger charge is -2.34. The molecule has 144 valence electrons. The quantitative estimate of drug-likeness (QED) is 0.844. The highest BCUT2D eigenvalue weighted by atomic mass is 32.2. The molecular weight excluding hydrogens is 350 g/mol. The van der Waals surface area contributed by atoms with E-state index in [0.29, 0.717) is 43.4 Å². The first-order chi connectivity index (χ1) is 12.5. The average molecular weight is 380 g/mol. The number of carbonyl (C=O) groups excluding carboxylic acids is 1. The summed E-state index contributed by atoms with van der Waals surface area (Å²) in [4.78, 5) is 14.6. The van der Waals surface area contributed by atoms with E-state index in [1.165, 1.54) is 4.31 Å². The first-order valence-electron chi connectivity index (χ1n) is 9.52. The number of hydrogen-bond acceptors (Lipinski definition) is 4. The van der Waals surface area contributed by atoms with E-state index in [-0.39, 0.29) is 5.91 Å². The van der Waals surface area contributed by atoms with Gasteiger partial charge in [0.25, 0.3) is 0 Å². The summed E-state index contributed by atoms with van der Waals surface area (Å²) in [5.41, 5.74) is 1.04. The molecule has 7 heteroatoms. The van der Waals surface area contributed by atoms with Gasteiger partial charge in [-0.3, -0.25) is 4.79 Å². The highest BCUT2D eigenvalue weighted by Crippen LogP contribution is 2.21. The van der Waals surface area contributed by atoms with Gasteiger partial charge in [-0.1, -0.05) is 17.7 Å². The number of aryl methyl sites for hydroxylation is 1. The Balaban J connectivity index is 1.50. The summed E-state index contributed by atoms with van der Waals surface area (Å²) in [5.74, 6) is 0.805. The number of piperazine rings is 1. The van der Waals surface area contributed by atoms with Gasteiger partial charge in [0.05, 0.1) is 4.90 Å². The summed E-state index contributed by atoms with van der Waals surface area (Å²) in [5, 5.41) is 3.34. The van der Waals surface area contributed by atoms with Crippen LogP contribution < -0.4 is 5.32 Å². The minimum Gasteiger partial charge on any atom is -0.340 e. The summed E-state index contributed by atoms with van der Waals surface area (Å²) in [7, 11) is -3.47. The maximum absolute atomic E-state index is 12.7. The lowest BCUT2D eigenvalue weighted by molar-refractivity contribution is -0.132. The Morgan fingerprint density at radius 1 is 1.08 bits per heavy atom. The molecule has 1 aromatic rings. The number of hydrogen-bond donors (Lipinski definition) is 1. The van der Waals surface area contributed by atoms with Crippen molar-refractivity contribution in [2.75, 3.05) is 39.3 Å². The number of sulfonamides is 1. The lowest BCUT2D eigenvalue weighted by atomic mass is 9.93. The molecule has 0 aromatic heterocycles. The van der Waals surface area contributed by atoms with E-state index < -0.39 is 10.0 Å². The van der Waals surface area contributed by atoms with Crippen molar-refractivity contribution < 1.29 is 13.2 Å². The first-order valence-corrected chi connectivity index (χ1v) is 11.0. The van der Waals surface area contributed by atoms with E-state index >= 15 is 0 Å². The monoisotopic (exact) mass is 379 g/mol. The molecule has 1 aromatic carbocycles. The van der Waals surface area contributed by atoms with Gasteiger partial charge in [0.2, 0.25) is 15.9 Å². The van der Waals surface area contributed by atoms with Crippen molar-refractivity contribution in [3.05, 3.63) is 29.8 Å². The Morgan fingerprint density at radius 3 is 2.31 bits per heavy atom. The van der Waals surface area contributed by atoms with Crippen molar-refractivity contribution in [1.82, 2.24) is 14.5 Å². The summed E-state index contributed by atoms with van der Waals surface area (Å²) >= 11 is 0. The molecule has 26 heavy (non-hydrogen) atoms. The molecule has 0 bridgehead atoms. The molecule has 2 aliphatic rings. The predicted octanol–water partition coefficient (Wildman–Crippen LogP) is 1.61. The Bertz CT molecular complexity index is 704. The topological polar surface area (TPSA) is 69.7 Å². The van der Waals surface area contributed by atoms with Gasteiger partial charge in [0, 0.05) is 32.6 Å². The molecular formula is C19H29N3O3S. The van der Waals surface area contributed by atoms with Crippen LogP contribution in [0.3, 0.4) is 0 Å². The molecule has 2 fully saturated rings. The molecule has 0 aliphatic carbocycles. The third kappa shape index (κ3) is 4.64. The minimum absolute atomic E-state index is 0.163. The van der Waals surface area contributed by atoms with Crippen LogP contribution in [0.4, 0.5) is 0 Å². The van der Waals surface area contributed by atoms with Gasteiger partial charge in [-0.05, 0) is 57.3 Å². The summed E-state index contributed by atoms with van der Waals surface area (Å²) < 4.78 is 26.9. The van der Waals surface area contributed by atoms with E-state index in [9.17, 15) is 13.2 Å². The van der Waals surface area contributed by atoms with Crippen LogP contribution in [0.15, 0.2) is 29.2 Å². The van der Waals surface area contributed by atoms with E-state index in [2.05, 4.69) is 5.32 Å². The molecule has 2 heterocycles. The van der Waals surface area contributed by atoms with Gasteiger partial charge in [0.1, 0.15) is 0 Å². The second-order valence-corrected chi connectivity index (χ2v) is 9.27. The molecule has 0 spiro atoms. The van der Waals surface area contributed by atoms with Gasteiger partial charge in [-0.15, -0.1) is 0 Å². The second-order valence-electron chi connectivity index (χ2n) is 7.33. The fraction of sp³-hybridized carbons (Fsp3) is 0.632. The van der Waals surface area contributed by atoms with Crippen molar-refractivity contribution in [2.45, 2.75) is 37.5 Å². The van der Waals surface area contributed by atoms with Crippen molar-refractivity contribution in [3.63, 3.8) is 0 Å². The van der Waals surface area contributed by atoms with Crippen molar-refractivity contribution in [3.8, 4) is 0 Å². The Hall–Kier alpha value is -1.44. The molecule has 0 atom stereocenters. The van der Waals surface area contributed by atoms with Crippen LogP contribution in [0.2, 0.25) is 0 Å². The summed E-state index contributed by atoms with van der Waals surface area (Å²) in [6.07, 6.45) is 3.82. The average Bonchev–Trinajstić information content (AvgIpc) is 2.67. The Labute approximate surface area is 156 Å². The van der Waals surface area contributed by atoms with E-state index in [1.807, 2.05) is 24.0 Å². The molecule has 6 nitrogen and oxygen atoms in total. The largest absolute Gasteiger partial charge is 0.340 e. The van der Waals surface area contributed by atoms with Gasteiger partial charge in [-0.2, -0.15) is 4.31 Å². The summed E-state index contributed by atoms with van der Waals surface area (Å²) in [6, 6.07) is 6.93. The highest BCUT2D eigenvalue weighted by molar-refractivity contribution is 7.89. The number of piperidine rings is 1. The van der Waals surface area contributed by atoms with Crippen molar-refractivity contribution >= 4 is 15.9 Å². The number of rotatable bonds is 5. The first kappa shape index (κ1) is 19.3. The number of benzene rings is 1. The van der Waals surface area contributed by atoms with Gasteiger partial charge >= 0.3 is 0 Å². The molecule has 0 unspecified atom stereocenters. The molecule has 0 radical (unpaired) electrons.